The molecule has 166 valence electrons. The van der Waals surface area contributed by atoms with E-state index in [-0.39, 0.29) is 25.1 Å². The van der Waals surface area contributed by atoms with Gasteiger partial charge >= 0.3 is 5.97 Å². The SMILES string of the molecule is O=C1C=C(CO[C@H]2NC(=O)[C@H]2NC(c2ccccc2)(c2ccccc2)c2ccccc2)CO1. The van der Waals surface area contributed by atoms with Crippen LogP contribution in [0.5, 0.6) is 0 Å². The zero-order valence-electron chi connectivity index (χ0n) is 17.9. The first-order chi connectivity index (χ1) is 16.2. The topological polar surface area (TPSA) is 76.7 Å². The van der Waals surface area contributed by atoms with E-state index < -0.39 is 17.8 Å². The molecule has 6 heteroatoms. The van der Waals surface area contributed by atoms with E-state index in [1.165, 1.54) is 6.08 Å². The maximum absolute atomic E-state index is 12.7. The Bertz CT molecular complexity index is 1070. The second-order valence-electron chi connectivity index (χ2n) is 8.12. The van der Waals surface area contributed by atoms with E-state index in [4.69, 9.17) is 9.47 Å². The van der Waals surface area contributed by atoms with Gasteiger partial charge in [0.05, 0.1) is 12.1 Å². The van der Waals surface area contributed by atoms with Crippen LogP contribution in [0.3, 0.4) is 0 Å². The molecular formula is C27H24N2O4. The van der Waals surface area contributed by atoms with Crippen LogP contribution in [-0.2, 0) is 24.6 Å². The quantitative estimate of drug-likeness (QED) is 0.320. The number of ether oxygens (including phenoxy) is 2. The van der Waals surface area contributed by atoms with E-state index in [9.17, 15) is 9.59 Å². The Hall–Kier alpha value is -3.74. The summed E-state index contributed by atoms with van der Waals surface area (Å²) in [6.07, 6.45) is 0.898. The fourth-order valence-electron chi connectivity index (χ4n) is 4.38. The number of amides is 1. The predicted octanol–water partition coefficient (Wildman–Crippen LogP) is 2.89. The molecule has 0 saturated carbocycles. The van der Waals surface area contributed by atoms with Gasteiger partial charge in [0.2, 0.25) is 5.91 Å². The molecule has 33 heavy (non-hydrogen) atoms. The summed E-state index contributed by atoms with van der Waals surface area (Å²) in [7, 11) is 0. The summed E-state index contributed by atoms with van der Waals surface area (Å²) in [4.78, 5) is 24.0. The molecule has 1 saturated heterocycles. The monoisotopic (exact) mass is 440 g/mol. The first kappa shape index (κ1) is 21.1. The van der Waals surface area contributed by atoms with E-state index in [0.717, 1.165) is 22.3 Å². The number of carbonyl (C=O) groups excluding carboxylic acids is 2. The highest BCUT2D eigenvalue weighted by Gasteiger charge is 2.47. The lowest BCUT2D eigenvalue weighted by Crippen LogP contribution is -2.72. The van der Waals surface area contributed by atoms with E-state index in [2.05, 4.69) is 47.0 Å². The molecule has 0 aliphatic carbocycles. The minimum Gasteiger partial charge on any atom is -0.458 e. The van der Waals surface area contributed by atoms with Gasteiger partial charge in [-0.15, -0.1) is 0 Å². The number of hydrogen-bond acceptors (Lipinski definition) is 5. The van der Waals surface area contributed by atoms with Crippen molar-refractivity contribution in [3.63, 3.8) is 0 Å². The standard InChI is InChI=1S/C27H24N2O4/c30-23-16-19(17-32-23)18-33-26-24(25(31)28-26)29-27(20-10-4-1-5-11-20,21-12-6-2-7-13-21)22-14-8-3-9-15-22/h1-16,24,26,29H,17-18H2,(H,28,31)/t24-,26-/m1/s1. The number of nitrogens with one attached hydrogen (secondary N) is 2. The maximum Gasteiger partial charge on any atom is 0.331 e. The number of esters is 1. The lowest BCUT2D eigenvalue weighted by atomic mass is 9.76. The van der Waals surface area contributed by atoms with Crippen molar-refractivity contribution in [3.05, 3.63) is 119 Å². The average Bonchev–Trinajstić information content (AvgIpc) is 3.29. The van der Waals surface area contributed by atoms with Crippen molar-refractivity contribution in [2.45, 2.75) is 17.8 Å². The normalized spacial score (nSPS) is 19.9. The van der Waals surface area contributed by atoms with Crippen LogP contribution in [0.1, 0.15) is 16.7 Å². The largest absolute Gasteiger partial charge is 0.458 e. The van der Waals surface area contributed by atoms with Crippen LogP contribution in [0.2, 0.25) is 0 Å². The van der Waals surface area contributed by atoms with Crippen molar-refractivity contribution in [3.8, 4) is 0 Å². The average molecular weight is 440 g/mol. The number of hydrogen-bond donors (Lipinski definition) is 2. The van der Waals surface area contributed by atoms with Crippen LogP contribution in [0.4, 0.5) is 0 Å². The molecule has 0 spiro atoms. The lowest BCUT2D eigenvalue weighted by Gasteiger charge is -2.45. The fraction of sp³-hybridized carbons (Fsp3) is 0.185. The summed E-state index contributed by atoms with van der Waals surface area (Å²) < 4.78 is 10.9. The molecule has 2 atom stereocenters. The Morgan fingerprint density at radius 3 is 1.79 bits per heavy atom. The van der Waals surface area contributed by atoms with Gasteiger partial charge < -0.3 is 14.8 Å². The number of β-lactam (4-membered cyclic amide) rings is 1. The van der Waals surface area contributed by atoms with Crippen molar-refractivity contribution < 1.29 is 19.1 Å². The highest BCUT2D eigenvalue weighted by atomic mass is 16.5. The molecular weight excluding hydrogens is 416 g/mol. The Balaban J connectivity index is 1.52. The molecule has 3 aromatic carbocycles. The van der Waals surface area contributed by atoms with Gasteiger partial charge in [0, 0.05) is 6.08 Å². The van der Waals surface area contributed by atoms with Crippen molar-refractivity contribution in [1.82, 2.24) is 10.6 Å². The van der Waals surface area contributed by atoms with Gasteiger partial charge in [-0.1, -0.05) is 91.0 Å². The van der Waals surface area contributed by atoms with Crippen LogP contribution in [0, 0.1) is 0 Å². The molecule has 0 unspecified atom stereocenters. The number of cyclic esters (lactones) is 1. The molecule has 1 amide bonds. The molecule has 2 aliphatic heterocycles. The van der Waals surface area contributed by atoms with Crippen molar-refractivity contribution >= 4 is 11.9 Å². The zero-order valence-corrected chi connectivity index (χ0v) is 17.9. The summed E-state index contributed by atoms with van der Waals surface area (Å²) in [6.45, 7) is 0.434. The Morgan fingerprint density at radius 1 is 0.848 bits per heavy atom. The third-order valence-corrected chi connectivity index (χ3v) is 6.03. The summed E-state index contributed by atoms with van der Waals surface area (Å²) in [5.41, 5.74) is 3.01. The van der Waals surface area contributed by atoms with Crippen LogP contribution in [0.25, 0.3) is 0 Å². The molecule has 2 aliphatic rings. The van der Waals surface area contributed by atoms with Crippen molar-refractivity contribution in [2.24, 2.45) is 0 Å². The second kappa shape index (κ2) is 9.02. The summed E-state index contributed by atoms with van der Waals surface area (Å²) >= 11 is 0. The third-order valence-electron chi connectivity index (χ3n) is 6.03. The van der Waals surface area contributed by atoms with Crippen molar-refractivity contribution in [1.29, 1.82) is 0 Å². The second-order valence-corrected chi connectivity index (χ2v) is 8.12. The molecule has 0 radical (unpaired) electrons. The molecule has 0 aromatic heterocycles. The van der Waals surface area contributed by atoms with Crippen LogP contribution in [-0.4, -0.2) is 37.4 Å². The molecule has 6 nitrogen and oxygen atoms in total. The van der Waals surface area contributed by atoms with E-state index in [0.29, 0.717) is 0 Å². The number of carbonyl (C=O) groups is 2. The van der Waals surface area contributed by atoms with Gasteiger partial charge in [-0.2, -0.15) is 0 Å². The van der Waals surface area contributed by atoms with E-state index >= 15 is 0 Å². The maximum atomic E-state index is 12.7. The van der Waals surface area contributed by atoms with E-state index in [1.807, 2.05) is 54.6 Å². The highest BCUT2D eigenvalue weighted by Crippen LogP contribution is 2.38. The molecule has 2 N–H and O–H groups in total. The van der Waals surface area contributed by atoms with Gasteiger partial charge in [0.15, 0.2) is 6.23 Å². The molecule has 1 fully saturated rings. The van der Waals surface area contributed by atoms with Gasteiger partial charge in [-0.25, -0.2) is 4.79 Å². The Morgan fingerprint density at radius 2 is 1.36 bits per heavy atom. The summed E-state index contributed by atoms with van der Waals surface area (Å²) in [6, 6.07) is 29.7. The summed E-state index contributed by atoms with van der Waals surface area (Å²) in [5.74, 6) is -0.503. The minimum absolute atomic E-state index is 0.139. The van der Waals surface area contributed by atoms with Gasteiger partial charge in [-0.05, 0) is 22.3 Å². The molecule has 2 heterocycles. The van der Waals surface area contributed by atoms with E-state index in [1.54, 1.807) is 0 Å². The molecule has 5 rings (SSSR count). The zero-order chi connectivity index (χ0) is 22.7. The number of rotatable bonds is 8. The van der Waals surface area contributed by atoms with Gasteiger partial charge in [0.1, 0.15) is 12.6 Å². The summed E-state index contributed by atoms with van der Waals surface area (Å²) in [5, 5.41) is 6.47. The van der Waals surface area contributed by atoms with Gasteiger partial charge in [-0.3, -0.25) is 10.1 Å². The molecule has 0 bridgehead atoms. The van der Waals surface area contributed by atoms with Crippen LogP contribution < -0.4 is 10.6 Å². The van der Waals surface area contributed by atoms with Gasteiger partial charge in [0.25, 0.3) is 0 Å². The van der Waals surface area contributed by atoms with Crippen LogP contribution in [0.15, 0.2) is 103 Å². The number of benzene rings is 3. The Kier molecular flexibility index (Phi) is 5.77. The predicted molar refractivity (Wildman–Crippen MR) is 123 cm³/mol. The van der Waals surface area contributed by atoms with Crippen LogP contribution >= 0.6 is 0 Å². The minimum atomic E-state index is -0.778. The fourth-order valence-corrected chi connectivity index (χ4v) is 4.38. The highest BCUT2D eigenvalue weighted by molar-refractivity contribution is 5.89. The smallest absolute Gasteiger partial charge is 0.331 e. The third kappa shape index (κ3) is 4.06. The first-order valence-corrected chi connectivity index (χ1v) is 10.9. The molecule has 3 aromatic rings. The van der Waals surface area contributed by atoms with Crippen molar-refractivity contribution in [2.75, 3.05) is 13.2 Å². The Labute approximate surface area is 192 Å². The first-order valence-electron chi connectivity index (χ1n) is 10.9. The lowest BCUT2D eigenvalue weighted by molar-refractivity contribution is -0.147.